The van der Waals surface area contributed by atoms with Crippen LogP contribution >= 0.6 is 0 Å². The number of rotatable bonds is 4. The SMILES string of the molecule is Cn1cc(C(CN)N2CCC(N3CCCCC3)C2)cn1. The van der Waals surface area contributed by atoms with Gasteiger partial charge in [-0.3, -0.25) is 14.5 Å². The van der Waals surface area contributed by atoms with Crippen molar-refractivity contribution in [3.05, 3.63) is 18.0 Å². The van der Waals surface area contributed by atoms with Gasteiger partial charge in [0, 0.05) is 44.5 Å². The summed E-state index contributed by atoms with van der Waals surface area (Å²) in [6.07, 6.45) is 9.52. The third-order valence-corrected chi connectivity index (χ3v) is 4.88. The first kappa shape index (κ1) is 14.0. The molecule has 0 amide bonds. The number of likely N-dealkylation sites (tertiary alicyclic amines) is 2. The van der Waals surface area contributed by atoms with Crippen molar-refractivity contribution >= 4 is 0 Å². The van der Waals surface area contributed by atoms with Gasteiger partial charge in [-0.1, -0.05) is 6.42 Å². The Morgan fingerprint density at radius 3 is 2.75 bits per heavy atom. The second-order valence-corrected chi connectivity index (χ2v) is 6.23. The molecule has 2 saturated heterocycles. The fraction of sp³-hybridized carbons (Fsp3) is 0.800. The molecule has 2 N–H and O–H groups in total. The van der Waals surface area contributed by atoms with Crippen molar-refractivity contribution in [2.75, 3.05) is 32.7 Å². The topological polar surface area (TPSA) is 50.3 Å². The highest BCUT2D eigenvalue weighted by atomic mass is 15.3. The summed E-state index contributed by atoms with van der Waals surface area (Å²) in [7, 11) is 1.97. The van der Waals surface area contributed by atoms with Crippen LogP contribution in [-0.4, -0.2) is 58.3 Å². The van der Waals surface area contributed by atoms with E-state index in [0.29, 0.717) is 12.6 Å². The van der Waals surface area contributed by atoms with Crippen molar-refractivity contribution in [2.24, 2.45) is 12.8 Å². The van der Waals surface area contributed by atoms with Gasteiger partial charge in [-0.2, -0.15) is 5.10 Å². The number of aryl methyl sites for hydroxylation is 1. The van der Waals surface area contributed by atoms with E-state index in [1.807, 2.05) is 17.9 Å². The highest BCUT2D eigenvalue weighted by Gasteiger charge is 2.32. The molecule has 0 spiro atoms. The fourth-order valence-electron chi connectivity index (χ4n) is 3.74. The van der Waals surface area contributed by atoms with Gasteiger partial charge in [-0.05, 0) is 32.4 Å². The summed E-state index contributed by atoms with van der Waals surface area (Å²) >= 11 is 0. The molecule has 0 radical (unpaired) electrons. The van der Waals surface area contributed by atoms with Gasteiger partial charge < -0.3 is 5.73 Å². The number of hydrogen-bond acceptors (Lipinski definition) is 4. The van der Waals surface area contributed by atoms with Crippen LogP contribution in [0.5, 0.6) is 0 Å². The third kappa shape index (κ3) is 2.90. The molecule has 2 unspecified atom stereocenters. The van der Waals surface area contributed by atoms with E-state index in [-0.39, 0.29) is 0 Å². The largest absolute Gasteiger partial charge is 0.329 e. The number of hydrogen-bond donors (Lipinski definition) is 1. The zero-order valence-corrected chi connectivity index (χ0v) is 12.5. The molecule has 112 valence electrons. The van der Waals surface area contributed by atoms with Gasteiger partial charge in [0.05, 0.1) is 12.2 Å². The van der Waals surface area contributed by atoms with Crippen molar-refractivity contribution < 1.29 is 0 Å². The van der Waals surface area contributed by atoms with Gasteiger partial charge in [-0.15, -0.1) is 0 Å². The molecule has 5 heteroatoms. The van der Waals surface area contributed by atoms with Crippen molar-refractivity contribution in [3.63, 3.8) is 0 Å². The summed E-state index contributed by atoms with van der Waals surface area (Å²) in [6.45, 7) is 5.59. The fourth-order valence-corrected chi connectivity index (χ4v) is 3.74. The molecule has 2 aliphatic rings. The predicted octanol–water partition coefficient (Wildman–Crippen LogP) is 0.980. The van der Waals surface area contributed by atoms with Crippen LogP contribution in [0.2, 0.25) is 0 Å². The first-order chi connectivity index (χ1) is 9.78. The van der Waals surface area contributed by atoms with Crippen molar-refractivity contribution in [1.82, 2.24) is 19.6 Å². The predicted molar refractivity (Wildman–Crippen MR) is 80.4 cm³/mol. The van der Waals surface area contributed by atoms with Gasteiger partial charge in [-0.25, -0.2) is 0 Å². The smallest absolute Gasteiger partial charge is 0.0538 e. The maximum Gasteiger partial charge on any atom is 0.0538 e. The average molecular weight is 277 g/mol. The van der Waals surface area contributed by atoms with Crippen LogP contribution in [0.1, 0.15) is 37.3 Å². The zero-order valence-electron chi connectivity index (χ0n) is 12.5. The quantitative estimate of drug-likeness (QED) is 0.891. The normalized spacial score (nSPS) is 27.0. The molecule has 0 aliphatic carbocycles. The molecule has 5 nitrogen and oxygen atoms in total. The number of nitrogens with zero attached hydrogens (tertiary/aromatic N) is 4. The summed E-state index contributed by atoms with van der Waals surface area (Å²) < 4.78 is 1.87. The lowest BCUT2D eigenvalue weighted by Crippen LogP contribution is -2.41. The molecule has 2 atom stereocenters. The first-order valence-electron chi connectivity index (χ1n) is 7.94. The minimum absolute atomic E-state index is 0.332. The summed E-state index contributed by atoms with van der Waals surface area (Å²) in [6, 6.07) is 1.07. The van der Waals surface area contributed by atoms with Crippen molar-refractivity contribution in [3.8, 4) is 0 Å². The molecule has 3 heterocycles. The Labute approximate surface area is 121 Å². The number of nitrogens with two attached hydrogens (primary N) is 1. The molecule has 2 aliphatic heterocycles. The molecule has 1 aromatic heterocycles. The molecule has 0 saturated carbocycles. The highest BCUT2D eigenvalue weighted by molar-refractivity contribution is 5.12. The van der Waals surface area contributed by atoms with Crippen LogP contribution < -0.4 is 5.73 Å². The molecule has 20 heavy (non-hydrogen) atoms. The van der Waals surface area contributed by atoms with E-state index in [1.165, 1.54) is 44.3 Å². The number of aromatic nitrogens is 2. The second kappa shape index (κ2) is 6.24. The summed E-state index contributed by atoms with van der Waals surface area (Å²) in [5.41, 5.74) is 7.28. The molecular formula is C15H27N5. The van der Waals surface area contributed by atoms with Gasteiger partial charge in [0.15, 0.2) is 0 Å². The number of piperidine rings is 1. The maximum atomic E-state index is 6.03. The molecule has 0 bridgehead atoms. The van der Waals surface area contributed by atoms with Crippen LogP contribution in [0.15, 0.2) is 12.4 Å². The molecule has 1 aromatic rings. The Bertz CT molecular complexity index is 424. The van der Waals surface area contributed by atoms with Crippen LogP contribution in [0, 0.1) is 0 Å². The van der Waals surface area contributed by atoms with Crippen LogP contribution in [0.3, 0.4) is 0 Å². The third-order valence-electron chi connectivity index (χ3n) is 4.88. The van der Waals surface area contributed by atoms with Crippen molar-refractivity contribution in [2.45, 2.75) is 37.8 Å². The average Bonchev–Trinajstić information content (AvgIpc) is 3.11. The standard InChI is InChI=1S/C15H27N5/c1-18-11-13(10-17-18)15(9-16)20-8-5-14(12-20)19-6-3-2-4-7-19/h10-11,14-15H,2-9,12,16H2,1H3. The van der Waals surface area contributed by atoms with E-state index < -0.39 is 0 Å². The van der Waals surface area contributed by atoms with Crippen LogP contribution in [0.25, 0.3) is 0 Å². The Hall–Kier alpha value is -0.910. The van der Waals surface area contributed by atoms with E-state index in [1.54, 1.807) is 0 Å². The van der Waals surface area contributed by atoms with Crippen LogP contribution in [-0.2, 0) is 7.05 Å². The lowest BCUT2D eigenvalue weighted by molar-refractivity contribution is 0.153. The Kier molecular flexibility index (Phi) is 4.38. The van der Waals surface area contributed by atoms with Gasteiger partial charge >= 0.3 is 0 Å². The second-order valence-electron chi connectivity index (χ2n) is 6.23. The van der Waals surface area contributed by atoms with E-state index in [0.717, 1.165) is 19.1 Å². The minimum Gasteiger partial charge on any atom is -0.329 e. The van der Waals surface area contributed by atoms with Crippen LogP contribution in [0.4, 0.5) is 0 Å². The lowest BCUT2D eigenvalue weighted by atomic mass is 10.1. The maximum absolute atomic E-state index is 6.03. The Balaban J connectivity index is 1.62. The summed E-state index contributed by atoms with van der Waals surface area (Å²) in [4.78, 5) is 5.25. The molecule has 0 aromatic carbocycles. The van der Waals surface area contributed by atoms with E-state index in [4.69, 9.17) is 5.73 Å². The minimum atomic E-state index is 0.332. The Morgan fingerprint density at radius 1 is 1.30 bits per heavy atom. The Morgan fingerprint density at radius 2 is 2.10 bits per heavy atom. The van der Waals surface area contributed by atoms with E-state index in [2.05, 4.69) is 21.1 Å². The van der Waals surface area contributed by atoms with Gasteiger partial charge in [0.1, 0.15) is 0 Å². The highest BCUT2D eigenvalue weighted by Crippen LogP contribution is 2.27. The molecular weight excluding hydrogens is 250 g/mol. The molecule has 2 fully saturated rings. The van der Waals surface area contributed by atoms with E-state index >= 15 is 0 Å². The summed E-state index contributed by atoms with van der Waals surface area (Å²) in [5, 5.41) is 4.29. The lowest BCUT2D eigenvalue weighted by Gasteiger charge is -2.33. The summed E-state index contributed by atoms with van der Waals surface area (Å²) in [5.74, 6) is 0. The monoisotopic (exact) mass is 277 g/mol. The molecule has 3 rings (SSSR count). The van der Waals surface area contributed by atoms with Gasteiger partial charge in [0.25, 0.3) is 0 Å². The zero-order chi connectivity index (χ0) is 13.9. The van der Waals surface area contributed by atoms with Crippen molar-refractivity contribution in [1.29, 1.82) is 0 Å². The first-order valence-corrected chi connectivity index (χ1v) is 7.94. The van der Waals surface area contributed by atoms with E-state index in [9.17, 15) is 0 Å². The van der Waals surface area contributed by atoms with Gasteiger partial charge in [0.2, 0.25) is 0 Å².